The van der Waals surface area contributed by atoms with Gasteiger partial charge < -0.3 is 14.0 Å². The van der Waals surface area contributed by atoms with Crippen molar-refractivity contribution >= 4 is 11.5 Å². The minimum atomic E-state index is -0.377. The van der Waals surface area contributed by atoms with Crippen LogP contribution >= 0.6 is 0 Å². The number of esters is 1. The van der Waals surface area contributed by atoms with Gasteiger partial charge in [0.15, 0.2) is 5.69 Å². The predicted molar refractivity (Wildman–Crippen MR) is 67.1 cm³/mol. The van der Waals surface area contributed by atoms with Crippen LogP contribution in [0.2, 0.25) is 0 Å². The fourth-order valence-electron chi connectivity index (χ4n) is 1.88. The Bertz CT molecular complexity index is 475. The SMILES string of the molecule is CCOC(=O)c1cn(C(C)C)c(C2=COCC2)n1. The number of aromatic nitrogens is 2. The van der Waals surface area contributed by atoms with Crippen molar-refractivity contribution in [3.05, 3.63) is 24.0 Å². The number of hydrogen-bond donors (Lipinski definition) is 0. The quantitative estimate of drug-likeness (QED) is 0.770. The van der Waals surface area contributed by atoms with Gasteiger partial charge in [0.1, 0.15) is 5.82 Å². The maximum atomic E-state index is 11.7. The smallest absolute Gasteiger partial charge is 0.358 e. The molecule has 1 aromatic rings. The minimum absolute atomic E-state index is 0.233. The van der Waals surface area contributed by atoms with Gasteiger partial charge >= 0.3 is 5.97 Å². The van der Waals surface area contributed by atoms with E-state index >= 15 is 0 Å². The molecule has 0 bridgehead atoms. The first kappa shape index (κ1) is 12.7. The third kappa shape index (κ3) is 2.39. The lowest BCUT2D eigenvalue weighted by molar-refractivity contribution is 0.0520. The van der Waals surface area contributed by atoms with Gasteiger partial charge in [-0.2, -0.15) is 0 Å². The first-order chi connectivity index (χ1) is 8.63. The molecule has 0 N–H and O–H groups in total. The van der Waals surface area contributed by atoms with Crippen molar-refractivity contribution in [1.29, 1.82) is 0 Å². The first-order valence-electron chi connectivity index (χ1n) is 6.20. The molecule has 0 radical (unpaired) electrons. The van der Waals surface area contributed by atoms with Crippen molar-refractivity contribution < 1.29 is 14.3 Å². The van der Waals surface area contributed by atoms with Gasteiger partial charge in [-0.3, -0.25) is 0 Å². The topological polar surface area (TPSA) is 53.4 Å². The highest BCUT2D eigenvalue weighted by atomic mass is 16.5. The van der Waals surface area contributed by atoms with Crippen LogP contribution in [-0.2, 0) is 9.47 Å². The summed E-state index contributed by atoms with van der Waals surface area (Å²) in [7, 11) is 0. The molecule has 0 aliphatic carbocycles. The number of nitrogens with zero attached hydrogens (tertiary/aromatic N) is 2. The molecule has 2 rings (SSSR count). The van der Waals surface area contributed by atoms with E-state index in [0.717, 1.165) is 17.8 Å². The fraction of sp³-hybridized carbons (Fsp3) is 0.538. The number of carbonyl (C=O) groups excluding carboxylic acids is 1. The molecule has 5 heteroatoms. The van der Waals surface area contributed by atoms with E-state index in [2.05, 4.69) is 18.8 Å². The van der Waals surface area contributed by atoms with Crippen LogP contribution in [0.1, 0.15) is 49.5 Å². The van der Waals surface area contributed by atoms with Gasteiger partial charge in [0, 0.05) is 24.2 Å². The van der Waals surface area contributed by atoms with E-state index in [0.29, 0.717) is 18.9 Å². The summed E-state index contributed by atoms with van der Waals surface area (Å²) >= 11 is 0. The monoisotopic (exact) mass is 250 g/mol. The largest absolute Gasteiger partial charge is 0.500 e. The molecule has 2 heterocycles. The van der Waals surface area contributed by atoms with Crippen LogP contribution in [0.4, 0.5) is 0 Å². The van der Waals surface area contributed by atoms with Crippen LogP contribution in [0.3, 0.4) is 0 Å². The Kier molecular flexibility index (Phi) is 3.69. The maximum Gasteiger partial charge on any atom is 0.358 e. The van der Waals surface area contributed by atoms with Crippen LogP contribution in [0.15, 0.2) is 12.5 Å². The Morgan fingerprint density at radius 1 is 1.61 bits per heavy atom. The average molecular weight is 250 g/mol. The lowest BCUT2D eigenvalue weighted by atomic mass is 10.2. The number of ether oxygens (including phenoxy) is 2. The molecule has 0 saturated carbocycles. The third-order valence-electron chi connectivity index (χ3n) is 2.78. The van der Waals surface area contributed by atoms with E-state index in [9.17, 15) is 4.79 Å². The van der Waals surface area contributed by atoms with Crippen LogP contribution in [0.5, 0.6) is 0 Å². The highest BCUT2D eigenvalue weighted by molar-refractivity contribution is 5.87. The molecule has 18 heavy (non-hydrogen) atoms. The lowest BCUT2D eigenvalue weighted by Crippen LogP contribution is -2.05. The van der Waals surface area contributed by atoms with Crippen molar-refractivity contribution in [1.82, 2.24) is 9.55 Å². The van der Waals surface area contributed by atoms with Gasteiger partial charge in [-0.15, -0.1) is 0 Å². The Morgan fingerprint density at radius 3 is 2.94 bits per heavy atom. The molecule has 0 unspecified atom stereocenters. The zero-order chi connectivity index (χ0) is 13.1. The molecule has 0 amide bonds. The van der Waals surface area contributed by atoms with Crippen molar-refractivity contribution in [2.75, 3.05) is 13.2 Å². The summed E-state index contributed by atoms with van der Waals surface area (Å²) in [6.45, 7) is 6.92. The third-order valence-corrected chi connectivity index (χ3v) is 2.78. The summed E-state index contributed by atoms with van der Waals surface area (Å²) < 4.78 is 12.2. The van der Waals surface area contributed by atoms with E-state index < -0.39 is 0 Å². The van der Waals surface area contributed by atoms with E-state index in [1.54, 1.807) is 19.4 Å². The second kappa shape index (κ2) is 5.25. The summed E-state index contributed by atoms with van der Waals surface area (Å²) in [5, 5.41) is 0. The Hall–Kier alpha value is -1.78. The van der Waals surface area contributed by atoms with E-state index in [-0.39, 0.29) is 12.0 Å². The van der Waals surface area contributed by atoms with E-state index in [4.69, 9.17) is 9.47 Å². The highest BCUT2D eigenvalue weighted by Gasteiger charge is 2.21. The summed E-state index contributed by atoms with van der Waals surface area (Å²) in [6, 6.07) is 0.233. The maximum absolute atomic E-state index is 11.7. The van der Waals surface area contributed by atoms with Gasteiger partial charge in [0.25, 0.3) is 0 Å². The van der Waals surface area contributed by atoms with Crippen molar-refractivity contribution in [2.24, 2.45) is 0 Å². The predicted octanol–water partition coefficient (Wildman–Crippen LogP) is 2.40. The molecule has 1 aromatic heterocycles. The molecule has 1 aliphatic heterocycles. The zero-order valence-corrected chi connectivity index (χ0v) is 11.0. The molecule has 0 aromatic carbocycles. The number of carbonyl (C=O) groups is 1. The molecule has 0 fully saturated rings. The lowest BCUT2D eigenvalue weighted by Gasteiger charge is -2.10. The van der Waals surface area contributed by atoms with Crippen molar-refractivity contribution in [3.8, 4) is 0 Å². The van der Waals surface area contributed by atoms with Crippen LogP contribution in [0.25, 0.3) is 5.57 Å². The highest BCUT2D eigenvalue weighted by Crippen LogP contribution is 2.25. The summed E-state index contributed by atoms with van der Waals surface area (Å²) in [5.41, 5.74) is 1.38. The second-order valence-electron chi connectivity index (χ2n) is 4.44. The minimum Gasteiger partial charge on any atom is -0.500 e. The molecular formula is C13H18N2O3. The molecule has 1 aliphatic rings. The molecule has 98 valence electrons. The molecule has 5 nitrogen and oxygen atoms in total. The normalized spacial score (nSPS) is 14.6. The van der Waals surface area contributed by atoms with E-state index in [1.165, 1.54) is 0 Å². The first-order valence-corrected chi connectivity index (χ1v) is 6.20. The second-order valence-corrected chi connectivity index (χ2v) is 4.44. The van der Waals surface area contributed by atoms with Crippen LogP contribution < -0.4 is 0 Å². The fourth-order valence-corrected chi connectivity index (χ4v) is 1.88. The van der Waals surface area contributed by atoms with Gasteiger partial charge in [-0.25, -0.2) is 9.78 Å². The van der Waals surface area contributed by atoms with Gasteiger partial charge in [0.2, 0.25) is 0 Å². The van der Waals surface area contributed by atoms with Gasteiger partial charge in [-0.05, 0) is 20.8 Å². The van der Waals surface area contributed by atoms with Crippen molar-refractivity contribution in [3.63, 3.8) is 0 Å². The van der Waals surface area contributed by atoms with Gasteiger partial charge in [0.05, 0.1) is 19.5 Å². The standard InChI is InChI=1S/C13H18N2O3/c1-4-18-13(16)11-7-15(9(2)3)12(14-11)10-5-6-17-8-10/h7-9H,4-6H2,1-3H3. The summed E-state index contributed by atoms with van der Waals surface area (Å²) in [6.07, 6.45) is 4.29. The molecule has 0 saturated heterocycles. The Morgan fingerprint density at radius 2 is 2.39 bits per heavy atom. The van der Waals surface area contributed by atoms with Gasteiger partial charge in [-0.1, -0.05) is 0 Å². The average Bonchev–Trinajstić information content (AvgIpc) is 2.98. The summed E-state index contributed by atoms with van der Waals surface area (Å²) in [4.78, 5) is 16.1. The zero-order valence-electron chi connectivity index (χ0n) is 11.0. The number of hydrogen-bond acceptors (Lipinski definition) is 4. The Labute approximate surface area is 106 Å². The summed E-state index contributed by atoms with van der Waals surface area (Å²) in [5.74, 6) is 0.420. The molecule has 0 atom stereocenters. The molecule has 0 spiro atoms. The van der Waals surface area contributed by atoms with Crippen LogP contribution in [0, 0.1) is 0 Å². The molecular weight excluding hydrogens is 232 g/mol. The Balaban J connectivity index is 2.35. The van der Waals surface area contributed by atoms with E-state index in [1.807, 2.05) is 4.57 Å². The van der Waals surface area contributed by atoms with Crippen LogP contribution in [-0.4, -0.2) is 28.7 Å². The number of rotatable bonds is 4. The number of imidazole rings is 1. The van der Waals surface area contributed by atoms with Crippen molar-refractivity contribution in [2.45, 2.75) is 33.2 Å².